The lowest BCUT2D eigenvalue weighted by Gasteiger charge is -2.28. The largest absolute Gasteiger partial charge is 0.465 e. The standard InChI is InChI=1S/C36H58N2O5S/c1-7-8-9-10-11-12-13-14-15-16-17-18-19-20-21-22-23-24-25-32(40)43-30-36(5,6)33(41)34(42)38-27-26-31(39)37-28-29-44-35(2,3)4/h8-9,11-12,14-15,17-18,20-21,23-24,33,41H,7,10,13,16,19,22,25-30H2,1-6H3,(H,37,39)(H,38,42)/b9-8-,12-11-,15-14-,18-17-,21-20-,24-23-/t33-/m0/s1. The van der Waals surface area contributed by atoms with Crippen molar-refractivity contribution in [2.24, 2.45) is 5.41 Å². The van der Waals surface area contributed by atoms with Crippen molar-refractivity contribution in [3.8, 4) is 0 Å². The minimum atomic E-state index is -1.38. The van der Waals surface area contributed by atoms with Gasteiger partial charge in [-0.1, -0.05) is 114 Å². The van der Waals surface area contributed by atoms with Gasteiger partial charge in [0, 0.05) is 35.4 Å². The summed E-state index contributed by atoms with van der Waals surface area (Å²) in [4.78, 5) is 36.5. The van der Waals surface area contributed by atoms with Gasteiger partial charge in [-0.2, -0.15) is 11.8 Å². The van der Waals surface area contributed by atoms with Gasteiger partial charge < -0.3 is 20.5 Å². The molecule has 3 N–H and O–H groups in total. The van der Waals surface area contributed by atoms with Gasteiger partial charge in [0.05, 0.1) is 13.0 Å². The molecule has 2 amide bonds. The van der Waals surface area contributed by atoms with Crippen LogP contribution in [0.3, 0.4) is 0 Å². The molecule has 44 heavy (non-hydrogen) atoms. The Morgan fingerprint density at radius 3 is 1.68 bits per heavy atom. The number of nitrogens with one attached hydrogen (secondary N) is 2. The maximum atomic E-state index is 12.4. The van der Waals surface area contributed by atoms with Gasteiger partial charge in [0.2, 0.25) is 11.8 Å². The zero-order valence-electron chi connectivity index (χ0n) is 28.0. The van der Waals surface area contributed by atoms with E-state index in [0.29, 0.717) is 6.54 Å². The highest BCUT2D eigenvalue weighted by Crippen LogP contribution is 2.22. The van der Waals surface area contributed by atoms with Crippen LogP contribution in [0.1, 0.15) is 92.9 Å². The molecule has 0 saturated heterocycles. The topological polar surface area (TPSA) is 105 Å². The Kier molecular flexibility index (Phi) is 23.8. The number of thioether (sulfide) groups is 1. The quantitative estimate of drug-likeness (QED) is 0.0629. The Bertz CT molecular complexity index is 987. The first-order chi connectivity index (χ1) is 20.9. The van der Waals surface area contributed by atoms with Gasteiger partial charge in [-0.3, -0.25) is 14.4 Å². The molecule has 0 aliphatic rings. The minimum absolute atomic E-state index is 0.102. The lowest BCUT2D eigenvalue weighted by molar-refractivity contribution is -0.152. The first kappa shape index (κ1) is 41.2. The average molecular weight is 631 g/mol. The molecular weight excluding hydrogens is 572 g/mol. The molecule has 0 saturated carbocycles. The monoisotopic (exact) mass is 630 g/mol. The number of carbonyl (C=O) groups is 3. The Labute approximate surface area is 271 Å². The molecule has 0 rings (SSSR count). The fourth-order valence-electron chi connectivity index (χ4n) is 3.49. The van der Waals surface area contributed by atoms with Gasteiger partial charge >= 0.3 is 5.97 Å². The highest BCUT2D eigenvalue weighted by molar-refractivity contribution is 8.00. The molecule has 1 atom stereocenters. The number of ether oxygens (including phenoxy) is 1. The molecule has 7 nitrogen and oxygen atoms in total. The normalized spacial score (nSPS) is 13.7. The summed E-state index contributed by atoms with van der Waals surface area (Å²) in [5.41, 5.74) is -0.981. The summed E-state index contributed by atoms with van der Waals surface area (Å²) in [6.07, 6.45) is 29.6. The Morgan fingerprint density at radius 1 is 0.727 bits per heavy atom. The fourth-order valence-corrected chi connectivity index (χ4v) is 4.31. The van der Waals surface area contributed by atoms with Crippen LogP contribution in [0.5, 0.6) is 0 Å². The summed E-state index contributed by atoms with van der Waals surface area (Å²) in [5.74, 6) is -0.365. The summed E-state index contributed by atoms with van der Waals surface area (Å²) < 4.78 is 5.44. The van der Waals surface area contributed by atoms with E-state index in [2.05, 4.69) is 93.0 Å². The van der Waals surface area contributed by atoms with E-state index < -0.39 is 23.4 Å². The van der Waals surface area contributed by atoms with Crippen LogP contribution in [-0.2, 0) is 19.1 Å². The Hall–Kier alpha value is -2.84. The molecule has 0 aromatic carbocycles. The summed E-state index contributed by atoms with van der Waals surface area (Å²) in [6, 6.07) is 0. The van der Waals surface area contributed by atoms with Gasteiger partial charge in [-0.05, 0) is 38.5 Å². The van der Waals surface area contributed by atoms with Crippen LogP contribution in [0.15, 0.2) is 72.9 Å². The summed E-state index contributed by atoms with van der Waals surface area (Å²) in [5, 5.41) is 15.9. The van der Waals surface area contributed by atoms with Crippen molar-refractivity contribution in [3.63, 3.8) is 0 Å². The average Bonchev–Trinajstić information content (AvgIpc) is 2.96. The van der Waals surface area contributed by atoms with E-state index in [-0.39, 0.29) is 36.6 Å². The van der Waals surface area contributed by atoms with E-state index >= 15 is 0 Å². The van der Waals surface area contributed by atoms with Crippen molar-refractivity contribution in [1.82, 2.24) is 10.6 Å². The molecule has 0 bridgehead atoms. The van der Waals surface area contributed by atoms with Crippen LogP contribution in [-0.4, -0.2) is 59.2 Å². The van der Waals surface area contributed by atoms with Crippen molar-refractivity contribution in [3.05, 3.63) is 72.9 Å². The van der Waals surface area contributed by atoms with Gasteiger partial charge in [-0.25, -0.2) is 0 Å². The highest BCUT2D eigenvalue weighted by atomic mass is 32.2. The first-order valence-corrected chi connectivity index (χ1v) is 16.8. The summed E-state index contributed by atoms with van der Waals surface area (Å²) in [7, 11) is 0. The summed E-state index contributed by atoms with van der Waals surface area (Å²) >= 11 is 1.77. The van der Waals surface area contributed by atoms with E-state index in [9.17, 15) is 19.5 Å². The van der Waals surface area contributed by atoms with Crippen molar-refractivity contribution >= 4 is 29.5 Å². The zero-order valence-corrected chi connectivity index (χ0v) is 28.8. The second-order valence-corrected chi connectivity index (χ2v) is 13.9. The van der Waals surface area contributed by atoms with E-state index in [4.69, 9.17) is 4.74 Å². The van der Waals surface area contributed by atoms with Crippen LogP contribution in [0, 0.1) is 5.41 Å². The maximum absolute atomic E-state index is 12.4. The molecule has 0 radical (unpaired) electrons. The van der Waals surface area contributed by atoms with Crippen LogP contribution in [0.4, 0.5) is 0 Å². The van der Waals surface area contributed by atoms with Crippen LogP contribution >= 0.6 is 11.8 Å². The predicted octanol–water partition coefficient (Wildman–Crippen LogP) is 7.16. The van der Waals surface area contributed by atoms with E-state index in [1.54, 1.807) is 31.7 Å². The number of rotatable bonds is 23. The Balaban J connectivity index is 4.07. The number of allylic oxidation sites excluding steroid dienone is 11. The third-order valence-electron chi connectivity index (χ3n) is 6.09. The van der Waals surface area contributed by atoms with Crippen molar-refractivity contribution in [1.29, 1.82) is 0 Å². The molecule has 248 valence electrons. The molecule has 0 spiro atoms. The molecule has 0 unspecified atom stereocenters. The Morgan fingerprint density at radius 2 is 1.20 bits per heavy atom. The van der Waals surface area contributed by atoms with Gasteiger partial charge in [0.15, 0.2) is 0 Å². The van der Waals surface area contributed by atoms with Crippen molar-refractivity contribution in [2.45, 2.75) is 104 Å². The van der Waals surface area contributed by atoms with Crippen molar-refractivity contribution in [2.75, 3.05) is 25.4 Å². The van der Waals surface area contributed by atoms with Gasteiger partial charge in [0.1, 0.15) is 6.10 Å². The SMILES string of the molecule is CC/C=C\C/C=C\C/C=C\C/C=C\C/C=C\C/C=C\CC(=O)OCC(C)(C)[C@@H](O)C(=O)NCCC(=O)NCCSC(C)(C)C. The fraction of sp³-hybridized carbons (Fsp3) is 0.583. The number of carbonyl (C=O) groups excluding carboxylic acids is 3. The van der Waals surface area contributed by atoms with E-state index in [1.807, 2.05) is 12.2 Å². The van der Waals surface area contributed by atoms with Crippen LogP contribution < -0.4 is 10.6 Å². The first-order valence-electron chi connectivity index (χ1n) is 15.8. The zero-order chi connectivity index (χ0) is 33.1. The lowest BCUT2D eigenvalue weighted by atomic mass is 9.87. The van der Waals surface area contributed by atoms with E-state index in [0.717, 1.165) is 44.3 Å². The molecule has 0 heterocycles. The molecular formula is C36H58N2O5S. The number of hydrogen-bond donors (Lipinski definition) is 3. The molecule has 0 aromatic rings. The second kappa shape index (κ2) is 25.5. The van der Waals surface area contributed by atoms with E-state index in [1.165, 1.54) is 0 Å². The maximum Gasteiger partial charge on any atom is 0.309 e. The number of aliphatic hydroxyl groups is 1. The molecule has 0 aromatic heterocycles. The molecule has 0 aliphatic carbocycles. The van der Waals surface area contributed by atoms with Gasteiger partial charge in [0.25, 0.3) is 0 Å². The number of hydrogen-bond acceptors (Lipinski definition) is 6. The minimum Gasteiger partial charge on any atom is -0.465 e. The van der Waals surface area contributed by atoms with Gasteiger partial charge in [-0.15, -0.1) is 0 Å². The number of aliphatic hydroxyl groups excluding tert-OH is 1. The lowest BCUT2D eigenvalue weighted by Crippen LogP contribution is -2.47. The highest BCUT2D eigenvalue weighted by Gasteiger charge is 2.34. The van der Waals surface area contributed by atoms with Crippen molar-refractivity contribution < 1.29 is 24.2 Å². The third-order valence-corrected chi connectivity index (χ3v) is 7.36. The smallest absolute Gasteiger partial charge is 0.309 e. The second-order valence-electron chi connectivity index (χ2n) is 12.0. The van der Waals surface area contributed by atoms with Crippen LogP contribution in [0.25, 0.3) is 0 Å². The predicted molar refractivity (Wildman–Crippen MR) is 186 cm³/mol. The number of esters is 1. The number of amides is 2. The summed E-state index contributed by atoms with van der Waals surface area (Å²) in [6.45, 7) is 12.4. The van der Waals surface area contributed by atoms with Crippen LogP contribution in [0.2, 0.25) is 0 Å². The molecule has 0 aliphatic heterocycles. The molecule has 0 fully saturated rings. The molecule has 8 heteroatoms. The third kappa shape index (κ3) is 25.6.